The van der Waals surface area contributed by atoms with Gasteiger partial charge in [0, 0.05) is 37.8 Å². The van der Waals surface area contributed by atoms with Gasteiger partial charge < -0.3 is 10.1 Å². The van der Waals surface area contributed by atoms with Crippen LogP contribution in [0.2, 0.25) is 0 Å². The van der Waals surface area contributed by atoms with E-state index < -0.39 is 0 Å². The Labute approximate surface area is 139 Å². The molecule has 3 rings (SSSR count). The highest BCUT2D eigenvalue weighted by Gasteiger charge is 2.27. The lowest BCUT2D eigenvalue weighted by atomic mass is 9.90. The summed E-state index contributed by atoms with van der Waals surface area (Å²) < 4.78 is 5.76. The average molecular weight is 312 g/mol. The van der Waals surface area contributed by atoms with Crippen molar-refractivity contribution in [2.45, 2.75) is 26.3 Å². The number of nitrogens with one attached hydrogen (secondary N) is 1. The molecule has 23 heavy (non-hydrogen) atoms. The van der Waals surface area contributed by atoms with E-state index in [1.165, 1.54) is 16.3 Å². The molecule has 0 spiro atoms. The molecule has 1 saturated heterocycles. The topological polar surface area (TPSA) is 24.5 Å². The van der Waals surface area contributed by atoms with Gasteiger partial charge in [0.2, 0.25) is 0 Å². The van der Waals surface area contributed by atoms with Crippen molar-refractivity contribution in [3.63, 3.8) is 0 Å². The molecule has 0 unspecified atom stereocenters. The third-order valence-electron chi connectivity index (χ3n) is 4.77. The van der Waals surface area contributed by atoms with Crippen LogP contribution in [-0.2, 0) is 0 Å². The molecule has 0 aliphatic carbocycles. The van der Waals surface area contributed by atoms with Gasteiger partial charge in [0.05, 0.1) is 7.11 Å². The molecule has 1 aliphatic heterocycles. The van der Waals surface area contributed by atoms with Gasteiger partial charge in [-0.25, -0.2) is 0 Å². The summed E-state index contributed by atoms with van der Waals surface area (Å²) in [4.78, 5) is 2.63. The van der Waals surface area contributed by atoms with Crippen molar-refractivity contribution in [2.24, 2.45) is 5.92 Å². The molecule has 2 aromatic rings. The second kappa shape index (κ2) is 7.33. The highest BCUT2D eigenvalue weighted by atomic mass is 16.5. The summed E-state index contributed by atoms with van der Waals surface area (Å²) in [5, 5.41) is 6.10. The first-order valence-corrected chi connectivity index (χ1v) is 8.71. The molecule has 2 aromatic carbocycles. The maximum atomic E-state index is 5.76. The Bertz CT molecular complexity index is 647. The van der Waals surface area contributed by atoms with Crippen LogP contribution in [0.4, 0.5) is 0 Å². The summed E-state index contributed by atoms with van der Waals surface area (Å²) in [6, 6.07) is 13.4. The van der Waals surface area contributed by atoms with Crippen LogP contribution < -0.4 is 10.1 Å². The summed E-state index contributed by atoms with van der Waals surface area (Å²) in [6.45, 7) is 8.97. The van der Waals surface area contributed by atoms with Crippen molar-refractivity contribution in [3.05, 3.63) is 42.0 Å². The molecule has 1 atom stereocenters. The maximum absolute atomic E-state index is 5.76. The fourth-order valence-corrected chi connectivity index (χ4v) is 3.69. The molecular formula is C20H28N2O. The zero-order valence-electron chi connectivity index (χ0n) is 14.5. The molecule has 0 aromatic heterocycles. The van der Waals surface area contributed by atoms with Crippen molar-refractivity contribution < 1.29 is 4.74 Å². The molecule has 0 radical (unpaired) electrons. The Balaban J connectivity index is 2.11. The highest BCUT2D eigenvalue weighted by molar-refractivity contribution is 5.88. The normalized spacial score (nSPS) is 17.6. The van der Waals surface area contributed by atoms with Crippen molar-refractivity contribution in [1.82, 2.24) is 10.2 Å². The quantitative estimate of drug-likeness (QED) is 0.908. The van der Waals surface area contributed by atoms with Crippen LogP contribution in [0.1, 0.15) is 31.9 Å². The summed E-state index contributed by atoms with van der Waals surface area (Å²) in [5.41, 5.74) is 1.36. The molecule has 3 heteroatoms. The van der Waals surface area contributed by atoms with E-state index in [1.54, 1.807) is 7.11 Å². The smallest absolute Gasteiger partial charge is 0.124 e. The summed E-state index contributed by atoms with van der Waals surface area (Å²) >= 11 is 0. The fraction of sp³-hybridized carbons (Fsp3) is 0.500. The molecule has 124 valence electrons. The van der Waals surface area contributed by atoms with E-state index in [2.05, 4.69) is 60.5 Å². The summed E-state index contributed by atoms with van der Waals surface area (Å²) in [7, 11) is 1.79. The fourth-order valence-electron chi connectivity index (χ4n) is 3.69. The molecule has 1 heterocycles. The van der Waals surface area contributed by atoms with Crippen molar-refractivity contribution >= 4 is 10.8 Å². The summed E-state index contributed by atoms with van der Waals surface area (Å²) in [5.74, 6) is 1.67. The van der Waals surface area contributed by atoms with Crippen molar-refractivity contribution in [3.8, 4) is 5.75 Å². The van der Waals surface area contributed by atoms with E-state index >= 15 is 0 Å². The van der Waals surface area contributed by atoms with Crippen LogP contribution in [0, 0.1) is 5.92 Å². The van der Waals surface area contributed by atoms with E-state index in [-0.39, 0.29) is 0 Å². The van der Waals surface area contributed by atoms with Crippen LogP contribution in [0.25, 0.3) is 10.8 Å². The van der Waals surface area contributed by atoms with E-state index in [4.69, 9.17) is 4.74 Å². The predicted octanol–water partition coefficient (Wildman–Crippen LogP) is 3.84. The standard InChI is InChI=1S/C20H28N2O/c1-15(2)14-18(22-12-10-21-11-13-22)20-17-7-5-4-6-16(17)8-9-19(20)23-3/h4-9,15,18,21H,10-14H2,1-3H3/t18-/m1/s1. The van der Waals surface area contributed by atoms with Gasteiger partial charge in [-0.1, -0.05) is 44.2 Å². The van der Waals surface area contributed by atoms with E-state index in [1.807, 2.05) is 0 Å². The molecule has 1 N–H and O–H groups in total. The lowest BCUT2D eigenvalue weighted by Gasteiger charge is -2.37. The average Bonchev–Trinajstić information content (AvgIpc) is 2.59. The number of ether oxygens (including phenoxy) is 1. The molecule has 0 amide bonds. The Morgan fingerprint density at radius 3 is 2.52 bits per heavy atom. The first kappa shape index (κ1) is 16.3. The van der Waals surface area contributed by atoms with E-state index in [9.17, 15) is 0 Å². The minimum Gasteiger partial charge on any atom is -0.496 e. The number of rotatable bonds is 5. The first-order chi connectivity index (χ1) is 11.2. The Hall–Kier alpha value is -1.58. The third-order valence-corrected chi connectivity index (χ3v) is 4.77. The van der Waals surface area contributed by atoms with Crippen molar-refractivity contribution in [2.75, 3.05) is 33.3 Å². The zero-order chi connectivity index (χ0) is 16.2. The largest absolute Gasteiger partial charge is 0.496 e. The van der Waals surface area contributed by atoms with Crippen LogP contribution in [0.5, 0.6) is 5.75 Å². The molecule has 1 fully saturated rings. The molecule has 0 saturated carbocycles. The van der Waals surface area contributed by atoms with Gasteiger partial charge in [0.25, 0.3) is 0 Å². The van der Waals surface area contributed by atoms with Crippen LogP contribution >= 0.6 is 0 Å². The van der Waals surface area contributed by atoms with Gasteiger partial charge in [-0.2, -0.15) is 0 Å². The van der Waals surface area contributed by atoms with Gasteiger partial charge in [-0.3, -0.25) is 4.90 Å². The van der Waals surface area contributed by atoms with Gasteiger partial charge >= 0.3 is 0 Å². The summed E-state index contributed by atoms with van der Waals surface area (Å²) in [6.07, 6.45) is 1.16. The Kier molecular flexibility index (Phi) is 5.19. The molecular weight excluding hydrogens is 284 g/mol. The molecule has 1 aliphatic rings. The number of nitrogens with zero attached hydrogens (tertiary/aromatic N) is 1. The Morgan fingerprint density at radius 2 is 1.83 bits per heavy atom. The van der Waals surface area contributed by atoms with Crippen molar-refractivity contribution in [1.29, 1.82) is 0 Å². The minimum absolute atomic E-state index is 0.415. The number of fused-ring (bicyclic) bond motifs is 1. The lowest BCUT2D eigenvalue weighted by Crippen LogP contribution is -2.45. The van der Waals surface area contributed by atoms with E-state index in [0.29, 0.717) is 12.0 Å². The SMILES string of the molecule is COc1ccc2ccccc2c1[C@@H](CC(C)C)N1CCNCC1. The highest BCUT2D eigenvalue weighted by Crippen LogP contribution is 2.39. The van der Waals surface area contributed by atoms with Gasteiger partial charge in [0.15, 0.2) is 0 Å². The number of piperazine rings is 1. The number of methoxy groups -OCH3 is 1. The lowest BCUT2D eigenvalue weighted by molar-refractivity contribution is 0.152. The predicted molar refractivity (Wildman–Crippen MR) is 97.1 cm³/mol. The van der Waals surface area contributed by atoms with E-state index in [0.717, 1.165) is 38.3 Å². The molecule has 0 bridgehead atoms. The van der Waals surface area contributed by atoms with Gasteiger partial charge in [0.1, 0.15) is 5.75 Å². The minimum atomic E-state index is 0.415. The number of hydrogen-bond acceptors (Lipinski definition) is 3. The second-order valence-electron chi connectivity index (χ2n) is 6.83. The number of benzene rings is 2. The van der Waals surface area contributed by atoms with Gasteiger partial charge in [-0.15, -0.1) is 0 Å². The zero-order valence-corrected chi connectivity index (χ0v) is 14.5. The maximum Gasteiger partial charge on any atom is 0.124 e. The third kappa shape index (κ3) is 3.51. The monoisotopic (exact) mass is 312 g/mol. The molecule has 3 nitrogen and oxygen atoms in total. The van der Waals surface area contributed by atoms with Crippen LogP contribution in [0.15, 0.2) is 36.4 Å². The van der Waals surface area contributed by atoms with Crippen LogP contribution in [-0.4, -0.2) is 38.2 Å². The Morgan fingerprint density at radius 1 is 1.09 bits per heavy atom. The van der Waals surface area contributed by atoms with Crippen LogP contribution in [0.3, 0.4) is 0 Å². The second-order valence-corrected chi connectivity index (χ2v) is 6.83. The van der Waals surface area contributed by atoms with Gasteiger partial charge in [-0.05, 0) is 29.2 Å². The first-order valence-electron chi connectivity index (χ1n) is 8.71. The number of hydrogen-bond donors (Lipinski definition) is 1.